The van der Waals surface area contributed by atoms with E-state index in [0.29, 0.717) is 41.7 Å². The van der Waals surface area contributed by atoms with E-state index in [2.05, 4.69) is 15.0 Å². The summed E-state index contributed by atoms with van der Waals surface area (Å²) >= 11 is 0. The van der Waals surface area contributed by atoms with Gasteiger partial charge in [-0.15, -0.1) is 0 Å². The number of furan rings is 1. The van der Waals surface area contributed by atoms with Crippen LogP contribution in [-0.2, 0) is 20.6 Å². The number of carbonyl (C=O) groups excluding carboxylic acids is 1. The molecule has 208 valence electrons. The summed E-state index contributed by atoms with van der Waals surface area (Å²) in [5.74, 6) is -0.935. The van der Waals surface area contributed by atoms with Crippen LogP contribution >= 0.6 is 0 Å². The van der Waals surface area contributed by atoms with Crippen molar-refractivity contribution in [3.63, 3.8) is 0 Å². The highest BCUT2D eigenvalue weighted by molar-refractivity contribution is 7.88. The Labute approximate surface area is 228 Å². The van der Waals surface area contributed by atoms with Gasteiger partial charge in [-0.05, 0) is 68.9 Å². The summed E-state index contributed by atoms with van der Waals surface area (Å²) in [5, 5.41) is 12.6. The van der Waals surface area contributed by atoms with Gasteiger partial charge in [0.25, 0.3) is 5.91 Å². The number of rotatable bonds is 11. The quantitative estimate of drug-likeness (QED) is 0.292. The normalized spacial score (nSPS) is 19.4. The van der Waals surface area contributed by atoms with Crippen molar-refractivity contribution >= 4 is 33.0 Å². The fourth-order valence-electron chi connectivity index (χ4n) is 5.73. The molecule has 2 unspecified atom stereocenters. The summed E-state index contributed by atoms with van der Waals surface area (Å²) in [7, 11) is -2.12. The number of amides is 1. The minimum atomic E-state index is -3.69. The van der Waals surface area contributed by atoms with Crippen LogP contribution in [0.25, 0.3) is 22.4 Å². The number of hydrogen-bond donors (Lipinski definition) is 3. The van der Waals surface area contributed by atoms with Gasteiger partial charge in [0.15, 0.2) is 0 Å². The highest BCUT2D eigenvalue weighted by Crippen LogP contribution is 2.44. The standard InChI is InChI=1S/C29H35N3O6S/c1-17-8-10-20(11-9-17)26-25(27(33)30-2)23-15-22(19-12-13-19)24(32-28(23)38-26)16-39(36,37)31-14-4-6-18-5-3-7-21(18)29(34)35/h8-11,15,18-19,21,31H,3-7,12-14,16H2,1-2H3,(H,30,33)(H,34,35). The van der Waals surface area contributed by atoms with Crippen LogP contribution in [0.1, 0.15) is 78.0 Å². The first-order valence-electron chi connectivity index (χ1n) is 13.6. The number of sulfonamides is 1. The summed E-state index contributed by atoms with van der Waals surface area (Å²) in [6, 6.07) is 9.54. The fraction of sp³-hybridized carbons (Fsp3) is 0.483. The number of pyridine rings is 1. The third kappa shape index (κ3) is 6.01. The van der Waals surface area contributed by atoms with Crippen LogP contribution in [-0.4, -0.2) is 44.0 Å². The number of aromatic nitrogens is 1. The van der Waals surface area contributed by atoms with Crippen molar-refractivity contribution < 1.29 is 27.5 Å². The molecule has 5 rings (SSSR count). The summed E-state index contributed by atoms with van der Waals surface area (Å²) in [6.07, 6.45) is 5.64. The molecular formula is C29H35N3O6S. The fourth-order valence-corrected chi connectivity index (χ4v) is 6.88. The van der Waals surface area contributed by atoms with Crippen molar-refractivity contribution in [2.45, 2.75) is 63.5 Å². The lowest BCUT2D eigenvalue weighted by Gasteiger charge is -2.15. The zero-order valence-electron chi connectivity index (χ0n) is 22.3. The van der Waals surface area contributed by atoms with Gasteiger partial charge in [0.1, 0.15) is 11.5 Å². The van der Waals surface area contributed by atoms with Gasteiger partial charge in [-0.1, -0.05) is 36.2 Å². The largest absolute Gasteiger partial charge is 0.481 e. The second kappa shape index (κ2) is 11.1. The van der Waals surface area contributed by atoms with Crippen molar-refractivity contribution in [2.24, 2.45) is 11.8 Å². The molecule has 0 spiro atoms. The molecule has 2 saturated carbocycles. The molecule has 3 N–H and O–H groups in total. The van der Waals surface area contributed by atoms with Crippen LogP contribution in [0.2, 0.25) is 0 Å². The lowest BCUT2D eigenvalue weighted by Crippen LogP contribution is -2.28. The molecule has 2 atom stereocenters. The summed E-state index contributed by atoms with van der Waals surface area (Å²) in [5.41, 5.74) is 3.73. The molecule has 0 bridgehead atoms. The Balaban J connectivity index is 1.38. The van der Waals surface area contributed by atoms with Gasteiger partial charge in [0.05, 0.1) is 22.6 Å². The molecule has 0 radical (unpaired) electrons. The monoisotopic (exact) mass is 553 g/mol. The Morgan fingerprint density at radius 3 is 2.54 bits per heavy atom. The molecular weight excluding hydrogens is 518 g/mol. The topological polar surface area (TPSA) is 139 Å². The molecule has 3 aromatic rings. The first-order chi connectivity index (χ1) is 18.7. The molecule has 1 aromatic carbocycles. The molecule has 9 nitrogen and oxygen atoms in total. The maximum atomic E-state index is 13.0. The van der Waals surface area contributed by atoms with Crippen LogP contribution in [0.5, 0.6) is 0 Å². The molecule has 2 heterocycles. The first-order valence-corrected chi connectivity index (χ1v) is 15.3. The number of nitrogens with one attached hydrogen (secondary N) is 2. The van der Waals surface area contributed by atoms with E-state index < -0.39 is 16.0 Å². The number of aliphatic carboxylic acids is 1. The van der Waals surface area contributed by atoms with Crippen molar-refractivity contribution in [3.8, 4) is 11.3 Å². The second-order valence-electron chi connectivity index (χ2n) is 10.8. The Hall–Kier alpha value is -3.24. The number of carboxylic acids is 1. The Morgan fingerprint density at radius 1 is 1.13 bits per heavy atom. The van der Waals surface area contributed by atoms with E-state index in [0.717, 1.165) is 42.4 Å². The van der Waals surface area contributed by atoms with Gasteiger partial charge >= 0.3 is 5.97 Å². The van der Waals surface area contributed by atoms with Crippen molar-refractivity contribution in [2.75, 3.05) is 13.6 Å². The van der Waals surface area contributed by atoms with Gasteiger partial charge in [0, 0.05) is 19.2 Å². The summed E-state index contributed by atoms with van der Waals surface area (Å²) < 4.78 is 34.9. The highest BCUT2D eigenvalue weighted by atomic mass is 32.2. The third-order valence-electron chi connectivity index (χ3n) is 7.96. The maximum absolute atomic E-state index is 13.0. The van der Waals surface area contributed by atoms with Gasteiger partial charge in [-0.2, -0.15) is 0 Å². The molecule has 2 fully saturated rings. The maximum Gasteiger partial charge on any atom is 0.306 e. The minimum absolute atomic E-state index is 0.105. The predicted octanol–water partition coefficient (Wildman–Crippen LogP) is 4.74. The lowest BCUT2D eigenvalue weighted by atomic mass is 9.92. The predicted molar refractivity (Wildman–Crippen MR) is 148 cm³/mol. The number of aryl methyl sites for hydroxylation is 1. The zero-order valence-corrected chi connectivity index (χ0v) is 23.1. The Kier molecular flexibility index (Phi) is 7.77. The second-order valence-corrected chi connectivity index (χ2v) is 12.6. The van der Waals surface area contributed by atoms with Gasteiger partial charge in [-0.3, -0.25) is 9.59 Å². The Bertz CT molecular complexity index is 1490. The van der Waals surface area contributed by atoms with E-state index in [1.54, 1.807) is 7.05 Å². The van der Waals surface area contributed by atoms with E-state index in [1.807, 2.05) is 37.3 Å². The van der Waals surface area contributed by atoms with Crippen LogP contribution in [0.4, 0.5) is 0 Å². The summed E-state index contributed by atoms with van der Waals surface area (Å²) in [4.78, 5) is 29.0. The van der Waals surface area contributed by atoms with E-state index >= 15 is 0 Å². The number of nitrogens with zero attached hydrogens (tertiary/aromatic N) is 1. The smallest absolute Gasteiger partial charge is 0.306 e. The SMILES string of the molecule is CNC(=O)c1c(-c2ccc(C)cc2)oc2nc(CS(=O)(=O)NCCCC3CCCC3C(=O)O)c(C3CC3)cc12. The molecule has 10 heteroatoms. The molecule has 2 aromatic heterocycles. The van der Waals surface area contributed by atoms with Gasteiger partial charge < -0.3 is 14.8 Å². The van der Waals surface area contributed by atoms with E-state index in [-0.39, 0.29) is 41.7 Å². The number of carboxylic acid groups (broad SMARTS) is 1. The van der Waals surface area contributed by atoms with Crippen LogP contribution in [0, 0.1) is 18.8 Å². The zero-order chi connectivity index (χ0) is 27.7. The molecule has 0 aliphatic heterocycles. The minimum Gasteiger partial charge on any atom is -0.481 e. The molecule has 39 heavy (non-hydrogen) atoms. The number of benzene rings is 1. The van der Waals surface area contributed by atoms with E-state index in [9.17, 15) is 23.1 Å². The molecule has 0 saturated heterocycles. The third-order valence-corrected chi connectivity index (χ3v) is 9.25. The molecule has 1 amide bonds. The highest BCUT2D eigenvalue weighted by Gasteiger charge is 2.33. The van der Waals surface area contributed by atoms with Crippen molar-refractivity contribution in [3.05, 3.63) is 52.7 Å². The van der Waals surface area contributed by atoms with Gasteiger partial charge in [-0.25, -0.2) is 18.1 Å². The number of carbonyl (C=O) groups is 2. The Morgan fingerprint density at radius 2 is 1.87 bits per heavy atom. The van der Waals surface area contributed by atoms with Crippen molar-refractivity contribution in [1.29, 1.82) is 0 Å². The van der Waals surface area contributed by atoms with E-state index in [4.69, 9.17) is 4.42 Å². The average molecular weight is 554 g/mol. The van der Waals surface area contributed by atoms with Crippen LogP contribution in [0.3, 0.4) is 0 Å². The molecule has 2 aliphatic carbocycles. The number of fused-ring (bicyclic) bond motifs is 1. The lowest BCUT2D eigenvalue weighted by molar-refractivity contribution is -0.143. The van der Waals surface area contributed by atoms with Crippen LogP contribution in [0.15, 0.2) is 34.7 Å². The van der Waals surface area contributed by atoms with Crippen LogP contribution < -0.4 is 10.0 Å². The van der Waals surface area contributed by atoms with Crippen molar-refractivity contribution in [1.82, 2.24) is 15.0 Å². The van der Waals surface area contributed by atoms with E-state index in [1.165, 1.54) is 0 Å². The summed E-state index contributed by atoms with van der Waals surface area (Å²) in [6.45, 7) is 2.24. The number of hydrogen-bond acceptors (Lipinski definition) is 6. The molecule has 2 aliphatic rings. The first kappa shape index (κ1) is 27.3. The van der Waals surface area contributed by atoms with Gasteiger partial charge in [0.2, 0.25) is 15.7 Å². The average Bonchev–Trinajstić information content (AvgIpc) is 3.51.